The highest BCUT2D eigenvalue weighted by Gasteiger charge is 2.20. The zero-order chi connectivity index (χ0) is 15.9. The summed E-state index contributed by atoms with van der Waals surface area (Å²) in [7, 11) is 0. The maximum atomic E-state index is 12.6. The molecule has 0 unspecified atom stereocenters. The van der Waals surface area contributed by atoms with Crippen molar-refractivity contribution in [2.24, 2.45) is 0 Å². The summed E-state index contributed by atoms with van der Waals surface area (Å²) in [4.78, 5) is 27.2. The number of nitrogens with one attached hydrogen (secondary N) is 1. The van der Waals surface area contributed by atoms with E-state index in [1.807, 2.05) is 13.8 Å². The van der Waals surface area contributed by atoms with Gasteiger partial charge in [-0.25, -0.2) is 9.36 Å². The smallest absolute Gasteiger partial charge is 0.297 e. The van der Waals surface area contributed by atoms with Crippen LogP contribution in [0.25, 0.3) is 5.69 Å². The van der Waals surface area contributed by atoms with Crippen molar-refractivity contribution >= 4 is 34.8 Å². The van der Waals surface area contributed by atoms with E-state index in [-0.39, 0.29) is 26.8 Å². The Morgan fingerprint density at radius 3 is 2.33 bits per heavy atom. The molecule has 0 aliphatic carbocycles. The minimum absolute atomic E-state index is 0.0381. The van der Waals surface area contributed by atoms with Crippen molar-refractivity contribution in [2.75, 3.05) is 0 Å². The molecule has 112 valence electrons. The molecule has 0 radical (unpaired) electrons. The second-order valence-corrected chi connectivity index (χ2v) is 6.14. The summed E-state index contributed by atoms with van der Waals surface area (Å²) in [5.41, 5.74) is -0.00609. The van der Waals surface area contributed by atoms with E-state index in [9.17, 15) is 9.59 Å². The first-order valence-corrected chi connectivity index (χ1v) is 7.38. The van der Waals surface area contributed by atoms with E-state index in [0.29, 0.717) is 11.1 Å². The summed E-state index contributed by atoms with van der Waals surface area (Å²) >= 11 is 18.3. The molecule has 2 rings (SSSR count). The largest absolute Gasteiger partial charge is 0.334 e. The molecule has 1 N–H and O–H groups in total. The minimum atomic E-state index is -0.677. The highest BCUT2D eigenvalue weighted by atomic mass is 35.5. The van der Waals surface area contributed by atoms with Crippen LogP contribution < -0.4 is 11.2 Å². The van der Waals surface area contributed by atoms with Gasteiger partial charge < -0.3 is 0 Å². The summed E-state index contributed by atoms with van der Waals surface area (Å²) in [5.74, 6) is -0.157. The Morgan fingerprint density at radius 1 is 1.14 bits per heavy atom. The number of benzene rings is 1. The van der Waals surface area contributed by atoms with Crippen LogP contribution >= 0.6 is 34.8 Å². The van der Waals surface area contributed by atoms with Gasteiger partial charge in [0.2, 0.25) is 0 Å². The van der Waals surface area contributed by atoms with Crippen LogP contribution in [0.1, 0.15) is 30.9 Å². The fourth-order valence-electron chi connectivity index (χ4n) is 2.07. The molecule has 0 fully saturated rings. The maximum Gasteiger partial charge on any atom is 0.334 e. The van der Waals surface area contributed by atoms with E-state index in [2.05, 4.69) is 4.98 Å². The molecular formula is C14H13Cl3N2O2. The molecule has 2 aromatic rings. The van der Waals surface area contributed by atoms with Crippen LogP contribution in [0.4, 0.5) is 0 Å². The van der Waals surface area contributed by atoms with Gasteiger partial charge in [-0.1, -0.05) is 54.7 Å². The molecule has 0 saturated heterocycles. The average Bonchev–Trinajstić information content (AvgIpc) is 2.37. The number of aromatic nitrogens is 2. The van der Waals surface area contributed by atoms with E-state index < -0.39 is 11.2 Å². The van der Waals surface area contributed by atoms with Crippen molar-refractivity contribution in [3.8, 4) is 5.69 Å². The van der Waals surface area contributed by atoms with Crippen molar-refractivity contribution in [2.45, 2.75) is 26.7 Å². The Balaban J connectivity index is 2.96. The molecule has 1 aromatic heterocycles. The molecule has 21 heavy (non-hydrogen) atoms. The predicted molar refractivity (Wildman–Crippen MR) is 86.5 cm³/mol. The van der Waals surface area contributed by atoms with Gasteiger partial charge in [0, 0.05) is 0 Å². The normalized spacial score (nSPS) is 11.2. The van der Waals surface area contributed by atoms with Gasteiger partial charge in [-0.3, -0.25) is 9.78 Å². The molecule has 1 heterocycles. The molecule has 1 aromatic carbocycles. The van der Waals surface area contributed by atoms with Crippen molar-refractivity contribution in [3.63, 3.8) is 0 Å². The lowest BCUT2D eigenvalue weighted by Crippen LogP contribution is -2.37. The Kier molecular flexibility index (Phi) is 4.51. The van der Waals surface area contributed by atoms with Crippen molar-refractivity contribution in [3.05, 3.63) is 59.3 Å². The van der Waals surface area contributed by atoms with Crippen molar-refractivity contribution in [1.82, 2.24) is 9.55 Å². The van der Waals surface area contributed by atoms with Gasteiger partial charge in [-0.15, -0.1) is 0 Å². The SMILES string of the molecule is Cc1ccc(Cl)c(-n2c(=O)[nH]c(Cl)c(C(C)C)c2=O)c1Cl. The third-order valence-corrected chi connectivity index (χ3v) is 4.23. The molecule has 0 saturated carbocycles. The summed E-state index contributed by atoms with van der Waals surface area (Å²) in [5, 5.41) is 0.513. The van der Waals surface area contributed by atoms with Crippen LogP contribution in [0.2, 0.25) is 15.2 Å². The van der Waals surface area contributed by atoms with E-state index in [0.717, 1.165) is 4.57 Å². The predicted octanol–water partition coefficient (Wildman–Crippen LogP) is 3.92. The molecule has 0 aliphatic rings. The number of hydrogen-bond donors (Lipinski definition) is 1. The third kappa shape index (κ3) is 2.76. The second-order valence-electron chi connectivity index (χ2n) is 4.98. The second kappa shape index (κ2) is 5.87. The van der Waals surface area contributed by atoms with Crippen LogP contribution in [0.3, 0.4) is 0 Å². The van der Waals surface area contributed by atoms with E-state index in [4.69, 9.17) is 34.8 Å². The lowest BCUT2D eigenvalue weighted by molar-refractivity contribution is 0.777. The van der Waals surface area contributed by atoms with Crippen LogP contribution in [-0.4, -0.2) is 9.55 Å². The van der Waals surface area contributed by atoms with Gasteiger partial charge in [0.05, 0.1) is 21.3 Å². The summed E-state index contributed by atoms with van der Waals surface area (Å²) < 4.78 is 0.929. The number of rotatable bonds is 2. The van der Waals surface area contributed by atoms with E-state index in [1.54, 1.807) is 19.1 Å². The minimum Gasteiger partial charge on any atom is -0.297 e. The van der Waals surface area contributed by atoms with Gasteiger partial charge in [0.1, 0.15) is 5.15 Å². The molecule has 7 heteroatoms. The van der Waals surface area contributed by atoms with Crippen molar-refractivity contribution in [1.29, 1.82) is 0 Å². The molecule has 0 atom stereocenters. The Morgan fingerprint density at radius 2 is 1.76 bits per heavy atom. The highest BCUT2D eigenvalue weighted by Crippen LogP contribution is 2.30. The lowest BCUT2D eigenvalue weighted by Gasteiger charge is -2.14. The first-order chi connectivity index (χ1) is 9.75. The number of H-pyrrole nitrogens is 1. The maximum absolute atomic E-state index is 12.6. The highest BCUT2D eigenvalue weighted by molar-refractivity contribution is 6.38. The van der Waals surface area contributed by atoms with E-state index >= 15 is 0 Å². The summed E-state index contributed by atoms with van der Waals surface area (Å²) in [6.07, 6.45) is 0. The van der Waals surface area contributed by atoms with Crippen LogP contribution in [0, 0.1) is 6.92 Å². The van der Waals surface area contributed by atoms with Crippen molar-refractivity contribution < 1.29 is 0 Å². The third-order valence-electron chi connectivity index (χ3n) is 3.15. The quantitative estimate of drug-likeness (QED) is 0.837. The fraction of sp³-hybridized carbons (Fsp3) is 0.286. The Hall–Kier alpha value is -1.23. The topological polar surface area (TPSA) is 54.9 Å². The molecule has 4 nitrogen and oxygen atoms in total. The van der Waals surface area contributed by atoms with Gasteiger partial charge in [-0.2, -0.15) is 0 Å². The average molecular weight is 348 g/mol. The van der Waals surface area contributed by atoms with Crippen LogP contribution in [0.5, 0.6) is 0 Å². The first-order valence-electron chi connectivity index (χ1n) is 6.25. The standard InChI is InChI=1S/C14H13Cl3N2O2/c1-6(2)9-12(17)18-14(21)19(13(9)20)11-8(15)5-4-7(3)10(11)16/h4-6H,1-3H3,(H,18,21). The van der Waals surface area contributed by atoms with Gasteiger partial charge in [-0.05, 0) is 24.5 Å². The molecular weight excluding hydrogens is 335 g/mol. The number of nitrogens with zero attached hydrogens (tertiary/aromatic N) is 1. The molecule has 0 amide bonds. The van der Waals surface area contributed by atoms with Gasteiger partial charge in [0.25, 0.3) is 5.56 Å². The van der Waals surface area contributed by atoms with Crippen LogP contribution in [0.15, 0.2) is 21.7 Å². The zero-order valence-electron chi connectivity index (χ0n) is 11.6. The Bertz CT molecular complexity index is 822. The van der Waals surface area contributed by atoms with Crippen LogP contribution in [-0.2, 0) is 0 Å². The summed E-state index contributed by atoms with van der Waals surface area (Å²) in [6, 6.07) is 3.31. The van der Waals surface area contributed by atoms with Gasteiger partial charge in [0.15, 0.2) is 0 Å². The number of aryl methyl sites for hydroxylation is 1. The monoisotopic (exact) mass is 346 g/mol. The Labute approximate surface area is 136 Å². The zero-order valence-corrected chi connectivity index (χ0v) is 13.9. The number of hydrogen-bond acceptors (Lipinski definition) is 2. The lowest BCUT2D eigenvalue weighted by atomic mass is 10.1. The molecule has 0 aliphatic heterocycles. The van der Waals surface area contributed by atoms with E-state index in [1.165, 1.54) is 0 Å². The number of halogens is 3. The van der Waals surface area contributed by atoms with Gasteiger partial charge >= 0.3 is 5.69 Å². The summed E-state index contributed by atoms with van der Waals surface area (Å²) in [6.45, 7) is 5.39. The number of aromatic amines is 1. The molecule has 0 spiro atoms. The molecule has 0 bridgehead atoms. The first kappa shape index (κ1) is 16.1. The fourth-order valence-corrected chi connectivity index (χ4v) is 2.99.